The number of rotatable bonds is 0. The van der Waals surface area contributed by atoms with Gasteiger partial charge in [0.15, 0.2) is 0 Å². The van der Waals surface area contributed by atoms with Gasteiger partial charge in [-0.2, -0.15) is 0 Å². The molecule has 1 rings (SSSR count). The van der Waals surface area contributed by atoms with Crippen LogP contribution < -0.4 is 5.73 Å². The largest absolute Gasteiger partial charge is 0.631 e. The molecule has 0 atom stereocenters. The van der Waals surface area contributed by atoms with E-state index in [0.29, 0.717) is 5.69 Å². The summed E-state index contributed by atoms with van der Waals surface area (Å²) in [6, 6.07) is 6.50. The zero-order valence-electron chi connectivity index (χ0n) is 6.25. The lowest BCUT2D eigenvalue weighted by molar-refractivity contribution is 0.278. The lowest BCUT2D eigenvalue weighted by Gasteiger charge is -1.90. The highest BCUT2D eigenvalue weighted by Crippen LogP contribution is 2.10. The molecule has 0 aliphatic heterocycles. The van der Waals surface area contributed by atoms with Gasteiger partial charge in [0.1, 0.15) is 5.75 Å². The van der Waals surface area contributed by atoms with Crippen molar-refractivity contribution in [3.63, 3.8) is 0 Å². The van der Waals surface area contributed by atoms with Crippen LogP contribution in [0.3, 0.4) is 0 Å². The average molecular weight is 171 g/mol. The third-order valence-corrected chi connectivity index (χ3v) is 0.870. The number of benzene rings is 1. The molecule has 0 heterocycles. The maximum Gasteiger partial charge on any atom is 0.631 e. The van der Waals surface area contributed by atoms with Gasteiger partial charge in [-0.05, 0) is 12.1 Å². The van der Waals surface area contributed by atoms with Crippen LogP contribution in [0.5, 0.6) is 5.75 Å². The first-order valence-corrected chi connectivity index (χ1v) is 3.11. The van der Waals surface area contributed by atoms with Crippen molar-refractivity contribution in [3.8, 4) is 5.75 Å². The zero-order chi connectivity index (χ0) is 9.56. The molecule has 6 N–H and O–H groups in total. The molecule has 0 saturated carbocycles. The predicted molar refractivity (Wildman–Crippen MR) is 44.9 cm³/mol. The van der Waals surface area contributed by atoms with Crippen LogP contribution in [-0.2, 0) is 0 Å². The maximum atomic E-state index is 8.73. The Hall–Kier alpha value is -1.24. The topological polar surface area (TPSA) is 107 Å². The lowest BCUT2D eigenvalue weighted by atomic mass is 10.3. The SMILES string of the molecule is Nc1cccc(O)c1.OB(O)O. The summed E-state index contributed by atoms with van der Waals surface area (Å²) in [5, 5.41) is 30.2. The quantitative estimate of drug-likeness (QED) is 0.252. The van der Waals surface area contributed by atoms with Crippen molar-refractivity contribution in [2.24, 2.45) is 0 Å². The number of phenols is 1. The van der Waals surface area contributed by atoms with Gasteiger partial charge in [0.05, 0.1) is 0 Å². The van der Waals surface area contributed by atoms with Gasteiger partial charge < -0.3 is 25.9 Å². The van der Waals surface area contributed by atoms with Gasteiger partial charge in [0.2, 0.25) is 0 Å². The summed E-state index contributed by atoms with van der Waals surface area (Å²) in [6.07, 6.45) is 0. The summed E-state index contributed by atoms with van der Waals surface area (Å²) < 4.78 is 0. The first kappa shape index (κ1) is 10.8. The Labute approximate surface area is 69.9 Å². The lowest BCUT2D eigenvalue weighted by Crippen LogP contribution is -2.07. The second kappa shape index (κ2) is 5.42. The molecule has 0 bridgehead atoms. The molecular formula is C6H10BNO4. The molecular weight excluding hydrogens is 161 g/mol. The van der Waals surface area contributed by atoms with Crippen LogP contribution in [0.25, 0.3) is 0 Å². The van der Waals surface area contributed by atoms with Crippen LogP contribution >= 0.6 is 0 Å². The van der Waals surface area contributed by atoms with Gasteiger partial charge in [-0.15, -0.1) is 0 Å². The van der Waals surface area contributed by atoms with Crippen LogP contribution in [0.2, 0.25) is 0 Å². The van der Waals surface area contributed by atoms with E-state index >= 15 is 0 Å². The molecule has 1 aromatic carbocycles. The van der Waals surface area contributed by atoms with Crippen molar-refractivity contribution in [2.45, 2.75) is 0 Å². The Morgan fingerprint density at radius 1 is 1.17 bits per heavy atom. The molecule has 6 heteroatoms. The summed E-state index contributed by atoms with van der Waals surface area (Å²) >= 11 is 0. The number of aromatic hydroxyl groups is 1. The van der Waals surface area contributed by atoms with Gasteiger partial charge in [0, 0.05) is 11.8 Å². The van der Waals surface area contributed by atoms with Crippen LogP contribution in [0.4, 0.5) is 5.69 Å². The highest BCUT2D eigenvalue weighted by atomic mass is 16.5. The summed E-state index contributed by atoms with van der Waals surface area (Å²) in [6.45, 7) is 0. The van der Waals surface area contributed by atoms with Gasteiger partial charge >= 0.3 is 7.32 Å². The molecule has 0 saturated heterocycles. The third kappa shape index (κ3) is 6.88. The first-order valence-electron chi connectivity index (χ1n) is 3.11. The van der Waals surface area contributed by atoms with Gasteiger partial charge in [-0.3, -0.25) is 0 Å². The van der Waals surface area contributed by atoms with E-state index in [4.69, 9.17) is 25.9 Å². The molecule has 0 spiro atoms. The average Bonchev–Trinajstić information content (AvgIpc) is 1.84. The van der Waals surface area contributed by atoms with E-state index in [1.807, 2.05) is 0 Å². The fourth-order valence-corrected chi connectivity index (χ4v) is 0.525. The van der Waals surface area contributed by atoms with Crippen molar-refractivity contribution in [1.29, 1.82) is 0 Å². The van der Waals surface area contributed by atoms with Gasteiger partial charge in [-0.1, -0.05) is 6.07 Å². The van der Waals surface area contributed by atoms with Crippen molar-refractivity contribution < 1.29 is 20.2 Å². The minimum Gasteiger partial charge on any atom is -0.508 e. The maximum absolute atomic E-state index is 8.73. The third-order valence-electron chi connectivity index (χ3n) is 0.870. The molecule has 0 aromatic heterocycles. The Bertz CT molecular complexity index is 211. The second-order valence-corrected chi connectivity index (χ2v) is 1.94. The van der Waals surface area contributed by atoms with Crippen molar-refractivity contribution in [3.05, 3.63) is 24.3 Å². The monoisotopic (exact) mass is 171 g/mol. The van der Waals surface area contributed by atoms with Crippen LogP contribution in [0, 0.1) is 0 Å². The Balaban J connectivity index is 0.000000261. The van der Waals surface area contributed by atoms with Gasteiger partial charge in [0.25, 0.3) is 0 Å². The molecule has 1 aromatic rings. The minimum absolute atomic E-state index is 0.213. The molecule has 66 valence electrons. The Morgan fingerprint density at radius 2 is 1.67 bits per heavy atom. The number of hydrogen-bond donors (Lipinski definition) is 5. The first-order chi connectivity index (χ1) is 5.52. The molecule has 5 nitrogen and oxygen atoms in total. The van der Waals surface area contributed by atoms with E-state index in [-0.39, 0.29) is 5.75 Å². The van der Waals surface area contributed by atoms with E-state index < -0.39 is 7.32 Å². The second-order valence-electron chi connectivity index (χ2n) is 1.94. The minimum atomic E-state index is -2.17. The van der Waals surface area contributed by atoms with E-state index in [0.717, 1.165) is 0 Å². The summed E-state index contributed by atoms with van der Waals surface area (Å²) in [7, 11) is -2.17. The fourth-order valence-electron chi connectivity index (χ4n) is 0.525. The zero-order valence-corrected chi connectivity index (χ0v) is 6.25. The molecule has 0 amide bonds. The van der Waals surface area contributed by atoms with E-state index in [9.17, 15) is 0 Å². The summed E-state index contributed by atoms with van der Waals surface area (Å²) in [4.78, 5) is 0. The van der Waals surface area contributed by atoms with Crippen molar-refractivity contribution in [2.75, 3.05) is 5.73 Å². The molecule has 0 aliphatic rings. The summed E-state index contributed by atoms with van der Waals surface area (Å²) in [5.41, 5.74) is 5.89. The number of nitrogens with two attached hydrogens (primary N) is 1. The van der Waals surface area contributed by atoms with Crippen LogP contribution in [0.15, 0.2) is 24.3 Å². The van der Waals surface area contributed by atoms with Crippen LogP contribution in [0.1, 0.15) is 0 Å². The smallest absolute Gasteiger partial charge is 0.508 e. The highest BCUT2D eigenvalue weighted by molar-refractivity contribution is 6.30. The normalized spacial score (nSPS) is 8.25. The van der Waals surface area contributed by atoms with Crippen molar-refractivity contribution >= 4 is 13.0 Å². The van der Waals surface area contributed by atoms with E-state index in [2.05, 4.69) is 0 Å². The Morgan fingerprint density at radius 3 is 1.92 bits per heavy atom. The van der Waals surface area contributed by atoms with Gasteiger partial charge in [-0.25, -0.2) is 0 Å². The molecule has 12 heavy (non-hydrogen) atoms. The number of nitrogen functional groups attached to an aromatic ring is 1. The predicted octanol–water partition coefficient (Wildman–Crippen LogP) is -1.08. The molecule has 0 aliphatic carbocycles. The number of phenolic OH excluding ortho intramolecular Hbond substituents is 1. The Kier molecular flexibility index (Phi) is 4.86. The molecule has 0 fully saturated rings. The molecule has 0 radical (unpaired) electrons. The van der Waals surface area contributed by atoms with Crippen LogP contribution in [-0.4, -0.2) is 27.5 Å². The fraction of sp³-hybridized carbons (Fsp3) is 0. The summed E-state index contributed by atoms with van der Waals surface area (Å²) in [5.74, 6) is 0.213. The van der Waals surface area contributed by atoms with E-state index in [1.54, 1.807) is 18.2 Å². The number of hydrogen-bond acceptors (Lipinski definition) is 5. The highest BCUT2D eigenvalue weighted by Gasteiger charge is 1.92. The van der Waals surface area contributed by atoms with E-state index in [1.165, 1.54) is 6.07 Å². The standard InChI is InChI=1S/C6H7NO.BH3O3/c7-5-2-1-3-6(8)4-5;2-1(3)4/h1-4,8H,7H2;2-4H. The molecule has 0 unspecified atom stereocenters. The number of anilines is 1. The van der Waals surface area contributed by atoms with Crippen molar-refractivity contribution in [1.82, 2.24) is 0 Å².